The van der Waals surface area contributed by atoms with Crippen molar-refractivity contribution >= 4 is 16.9 Å². The highest BCUT2D eigenvalue weighted by Gasteiger charge is 2.35. The van der Waals surface area contributed by atoms with Crippen molar-refractivity contribution in [3.63, 3.8) is 0 Å². The number of nitrogens with zero attached hydrogens (tertiary/aromatic N) is 1. The lowest BCUT2D eigenvalue weighted by atomic mass is 10.2. The lowest BCUT2D eigenvalue weighted by Crippen LogP contribution is -2.25. The van der Waals surface area contributed by atoms with Gasteiger partial charge in [-0.1, -0.05) is 23.9 Å². The van der Waals surface area contributed by atoms with Crippen LogP contribution < -0.4 is 10.1 Å². The molecule has 19 heavy (non-hydrogen) atoms. The minimum atomic E-state index is 0.678. The zero-order valence-electron chi connectivity index (χ0n) is 11.3. The van der Waals surface area contributed by atoms with Gasteiger partial charge in [0.1, 0.15) is 12.4 Å². The van der Waals surface area contributed by atoms with Crippen LogP contribution in [-0.4, -0.2) is 30.1 Å². The third kappa shape index (κ3) is 3.66. The second kappa shape index (κ2) is 5.87. The van der Waals surface area contributed by atoms with Crippen LogP contribution in [0, 0.1) is 12.8 Å². The monoisotopic (exact) mass is 276 g/mol. The maximum atomic E-state index is 5.71. The van der Waals surface area contributed by atoms with Gasteiger partial charge in [0.2, 0.25) is 0 Å². The zero-order valence-corrected chi connectivity index (χ0v) is 12.1. The van der Waals surface area contributed by atoms with E-state index in [1.807, 2.05) is 23.9 Å². The van der Waals surface area contributed by atoms with Crippen LogP contribution in [0.2, 0.25) is 0 Å². The molecule has 0 amide bonds. The van der Waals surface area contributed by atoms with Crippen molar-refractivity contribution in [3.8, 4) is 5.75 Å². The smallest absolute Gasteiger partial charge is 0.157 e. The highest BCUT2D eigenvalue weighted by atomic mass is 32.2. The molecular formula is C15H20N2OS. The fourth-order valence-electron chi connectivity index (χ4n) is 2.23. The van der Waals surface area contributed by atoms with Crippen molar-refractivity contribution in [2.45, 2.75) is 25.0 Å². The molecule has 1 aromatic carbocycles. The highest BCUT2D eigenvalue weighted by Crippen LogP contribution is 2.41. The van der Waals surface area contributed by atoms with Crippen LogP contribution in [0.5, 0.6) is 5.75 Å². The van der Waals surface area contributed by atoms with Gasteiger partial charge in [0, 0.05) is 5.25 Å². The van der Waals surface area contributed by atoms with E-state index in [4.69, 9.17) is 4.74 Å². The quantitative estimate of drug-likeness (QED) is 0.840. The molecule has 1 fully saturated rings. The molecule has 1 heterocycles. The number of thioether (sulfide) groups is 1. The molecule has 2 aliphatic rings. The van der Waals surface area contributed by atoms with Crippen LogP contribution >= 0.6 is 11.8 Å². The van der Waals surface area contributed by atoms with Gasteiger partial charge in [-0.3, -0.25) is 4.99 Å². The van der Waals surface area contributed by atoms with Gasteiger partial charge in [-0.2, -0.15) is 0 Å². The number of rotatable bonds is 5. The first-order chi connectivity index (χ1) is 9.31. The molecule has 0 spiro atoms. The molecule has 1 unspecified atom stereocenters. The van der Waals surface area contributed by atoms with E-state index in [-0.39, 0.29) is 0 Å². The second-order valence-corrected chi connectivity index (χ2v) is 6.46. The van der Waals surface area contributed by atoms with E-state index in [2.05, 4.69) is 29.4 Å². The number of amidine groups is 1. The van der Waals surface area contributed by atoms with Crippen LogP contribution in [-0.2, 0) is 0 Å². The van der Waals surface area contributed by atoms with Gasteiger partial charge < -0.3 is 10.1 Å². The molecule has 0 saturated heterocycles. The van der Waals surface area contributed by atoms with Gasteiger partial charge >= 0.3 is 0 Å². The average Bonchev–Trinajstić information content (AvgIpc) is 3.15. The SMILES string of the molecule is Cc1cccc(OCCNC2=NCC(C3CC3)S2)c1. The molecule has 1 aliphatic carbocycles. The molecule has 1 N–H and O–H groups in total. The topological polar surface area (TPSA) is 33.6 Å². The Kier molecular flexibility index (Phi) is 3.97. The maximum Gasteiger partial charge on any atom is 0.157 e. The summed E-state index contributed by atoms with van der Waals surface area (Å²) in [4.78, 5) is 4.55. The third-order valence-electron chi connectivity index (χ3n) is 3.46. The van der Waals surface area contributed by atoms with Gasteiger partial charge in [-0.25, -0.2) is 0 Å². The summed E-state index contributed by atoms with van der Waals surface area (Å²) in [5, 5.41) is 5.20. The molecule has 0 radical (unpaired) electrons. The molecule has 3 nitrogen and oxygen atoms in total. The first kappa shape index (κ1) is 12.9. The number of benzene rings is 1. The molecule has 1 saturated carbocycles. The van der Waals surface area contributed by atoms with Gasteiger partial charge in [-0.15, -0.1) is 0 Å². The summed E-state index contributed by atoms with van der Waals surface area (Å²) in [7, 11) is 0. The molecule has 1 aliphatic heterocycles. The number of aliphatic imine (C=N–C) groups is 1. The van der Waals surface area contributed by atoms with Crippen molar-refractivity contribution in [1.82, 2.24) is 5.32 Å². The minimum absolute atomic E-state index is 0.678. The summed E-state index contributed by atoms with van der Waals surface area (Å²) >= 11 is 1.91. The standard InChI is InChI=1S/C15H20N2OS/c1-11-3-2-4-13(9-11)18-8-7-16-15-17-10-14(19-15)12-5-6-12/h2-4,9,12,14H,5-8,10H2,1H3,(H,16,17). The van der Waals surface area contributed by atoms with Crippen molar-refractivity contribution in [3.05, 3.63) is 29.8 Å². The van der Waals surface area contributed by atoms with Crippen molar-refractivity contribution < 1.29 is 4.74 Å². The molecular weight excluding hydrogens is 256 g/mol. The van der Waals surface area contributed by atoms with Gasteiger partial charge in [0.15, 0.2) is 5.17 Å². The van der Waals surface area contributed by atoms with Crippen LogP contribution in [0.4, 0.5) is 0 Å². The summed E-state index contributed by atoms with van der Waals surface area (Å²) in [5.74, 6) is 1.87. The fraction of sp³-hybridized carbons (Fsp3) is 0.533. The molecule has 1 aromatic rings. The molecule has 0 aromatic heterocycles. The Morgan fingerprint density at radius 3 is 3.11 bits per heavy atom. The summed E-state index contributed by atoms with van der Waals surface area (Å²) in [6, 6.07) is 8.16. The van der Waals surface area contributed by atoms with E-state index < -0.39 is 0 Å². The summed E-state index contributed by atoms with van der Waals surface area (Å²) in [5.41, 5.74) is 1.23. The molecule has 3 rings (SSSR count). The summed E-state index contributed by atoms with van der Waals surface area (Å²) in [6.07, 6.45) is 2.80. The van der Waals surface area contributed by atoms with Gasteiger partial charge in [-0.05, 0) is 43.4 Å². The van der Waals surface area contributed by atoms with Gasteiger partial charge in [0.25, 0.3) is 0 Å². The maximum absolute atomic E-state index is 5.71. The zero-order chi connectivity index (χ0) is 13.1. The normalized spacial score (nSPS) is 22.2. The fourth-order valence-corrected chi connectivity index (χ4v) is 3.47. The van der Waals surface area contributed by atoms with E-state index >= 15 is 0 Å². The Balaban J connectivity index is 1.35. The number of hydrogen-bond acceptors (Lipinski definition) is 4. The Morgan fingerprint density at radius 2 is 2.32 bits per heavy atom. The Bertz CT molecular complexity index is 471. The van der Waals surface area contributed by atoms with Crippen molar-refractivity contribution in [2.24, 2.45) is 10.9 Å². The minimum Gasteiger partial charge on any atom is -0.492 e. The lowest BCUT2D eigenvalue weighted by molar-refractivity contribution is 0.322. The molecule has 102 valence electrons. The Hall–Kier alpha value is -1.16. The average molecular weight is 276 g/mol. The Labute approximate surface area is 118 Å². The molecule has 1 atom stereocenters. The first-order valence-electron chi connectivity index (χ1n) is 6.96. The number of hydrogen-bond donors (Lipinski definition) is 1. The predicted octanol–water partition coefficient (Wildman–Crippen LogP) is 2.84. The first-order valence-corrected chi connectivity index (χ1v) is 7.84. The summed E-state index contributed by atoms with van der Waals surface area (Å²) < 4.78 is 5.71. The van der Waals surface area contributed by atoms with E-state index in [0.29, 0.717) is 6.61 Å². The van der Waals surface area contributed by atoms with Crippen LogP contribution in [0.15, 0.2) is 29.3 Å². The Morgan fingerprint density at radius 1 is 1.42 bits per heavy atom. The molecule has 0 bridgehead atoms. The number of ether oxygens (including phenoxy) is 1. The largest absolute Gasteiger partial charge is 0.492 e. The lowest BCUT2D eigenvalue weighted by Gasteiger charge is -2.09. The van der Waals surface area contributed by atoms with Crippen molar-refractivity contribution in [1.29, 1.82) is 0 Å². The van der Waals surface area contributed by atoms with Crippen molar-refractivity contribution in [2.75, 3.05) is 19.7 Å². The second-order valence-electron chi connectivity index (χ2n) is 5.23. The van der Waals surface area contributed by atoms with Crippen LogP contribution in [0.25, 0.3) is 0 Å². The van der Waals surface area contributed by atoms with E-state index in [1.165, 1.54) is 18.4 Å². The van der Waals surface area contributed by atoms with E-state index in [9.17, 15) is 0 Å². The van der Waals surface area contributed by atoms with Crippen LogP contribution in [0.1, 0.15) is 18.4 Å². The number of nitrogens with one attached hydrogen (secondary N) is 1. The van der Waals surface area contributed by atoms with E-state index in [0.717, 1.165) is 35.2 Å². The number of aryl methyl sites for hydroxylation is 1. The van der Waals surface area contributed by atoms with Gasteiger partial charge in [0.05, 0.1) is 13.1 Å². The van der Waals surface area contributed by atoms with Crippen LogP contribution in [0.3, 0.4) is 0 Å². The third-order valence-corrected chi connectivity index (χ3v) is 4.80. The summed E-state index contributed by atoms with van der Waals surface area (Å²) in [6.45, 7) is 4.57. The highest BCUT2D eigenvalue weighted by molar-refractivity contribution is 8.14. The van der Waals surface area contributed by atoms with E-state index in [1.54, 1.807) is 0 Å². The molecule has 4 heteroatoms. The predicted molar refractivity (Wildman–Crippen MR) is 81.1 cm³/mol.